The third-order valence-corrected chi connectivity index (χ3v) is 3.58. The van der Waals surface area contributed by atoms with Crippen LogP contribution in [-0.4, -0.2) is 54.8 Å². The van der Waals surface area contributed by atoms with Gasteiger partial charge in [-0.3, -0.25) is 4.79 Å². The molecular formula is C15H24N2O3. The van der Waals surface area contributed by atoms with Crippen molar-refractivity contribution in [2.24, 2.45) is 0 Å². The SMILES string of the molecule is CC(C(O)c1ccc(N(C)C)cc1)N(C)CCC(=O)O. The van der Waals surface area contributed by atoms with Gasteiger partial charge in [-0.15, -0.1) is 0 Å². The molecule has 0 amide bonds. The normalized spacial score (nSPS) is 14.1. The van der Waals surface area contributed by atoms with Crippen LogP contribution in [-0.2, 0) is 4.79 Å². The highest BCUT2D eigenvalue weighted by atomic mass is 16.4. The predicted molar refractivity (Wildman–Crippen MR) is 80.1 cm³/mol. The highest BCUT2D eigenvalue weighted by molar-refractivity contribution is 5.66. The van der Waals surface area contributed by atoms with Crippen molar-refractivity contribution in [3.8, 4) is 0 Å². The molecule has 2 N–H and O–H groups in total. The summed E-state index contributed by atoms with van der Waals surface area (Å²) in [5.41, 5.74) is 1.91. The van der Waals surface area contributed by atoms with Gasteiger partial charge in [0.15, 0.2) is 0 Å². The number of carboxylic acids is 1. The number of aliphatic carboxylic acids is 1. The molecular weight excluding hydrogens is 256 g/mol. The van der Waals surface area contributed by atoms with Gasteiger partial charge in [0.25, 0.3) is 0 Å². The summed E-state index contributed by atoms with van der Waals surface area (Å²) in [4.78, 5) is 14.4. The van der Waals surface area contributed by atoms with E-state index < -0.39 is 12.1 Å². The number of hydrogen-bond donors (Lipinski definition) is 2. The number of carbonyl (C=O) groups is 1. The van der Waals surface area contributed by atoms with Crippen molar-refractivity contribution >= 4 is 11.7 Å². The van der Waals surface area contributed by atoms with E-state index in [1.54, 1.807) is 0 Å². The molecule has 5 nitrogen and oxygen atoms in total. The summed E-state index contributed by atoms with van der Waals surface area (Å²) >= 11 is 0. The van der Waals surface area contributed by atoms with Crippen LogP contribution in [0.4, 0.5) is 5.69 Å². The lowest BCUT2D eigenvalue weighted by atomic mass is 10.0. The minimum atomic E-state index is -0.825. The van der Waals surface area contributed by atoms with E-state index in [-0.39, 0.29) is 12.5 Å². The molecule has 2 unspecified atom stereocenters. The number of aliphatic hydroxyl groups excluding tert-OH is 1. The second-order valence-corrected chi connectivity index (χ2v) is 5.30. The highest BCUT2D eigenvalue weighted by Gasteiger charge is 2.20. The highest BCUT2D eigenvalue weighted by Crippen LogP contribution is 2.22. The first-order valence-electron chi connectivity index (χ1n) is 6.70. The zero-order chi connectivity index (χ0) is 15.3. The molecule has 1 rings (SSSR count). The molecule has 0 radical (unpaired) electrons. The molecule has 0 saturated carbocycles. The molecule has 0 aliphatic heterocycles. The molecule has 0 aliphatic rings. The lowest BCUT2D eigenvalue weighted by Crippen LogP contribution is -2.35. The molecule has 0 aromatic heterocycles. The van der Waals surface area contributed by atoms with Crippen molar-refractivity contribution in [3.63, 3.8) is 0 Å². The van der Waals surface area contributed by atoms with Crippen LogP contribution in [0.15, 0.2) is 24.3 Å². The zero-order valence-electron chi connectivity index (χ0n) is 12.6. The molecule has 2 atom stereocenters. The Morgan fingerprint density at radius 1 is 1.20 bits per heavy atom. The van der Waals surface area contributed by atoms with Crippen LogP contribution in [0.3, 0.4) is 0 Å². The summed E-state index contributed by atoms with van der Waals surface area (Å²) in [6.07, 6.45) is -0.558. The Morgan fingerprint density at radius 3 is 2.20 bits per heavy atom. The third kappa shape index (κ3) is 4.51. The van der Waals surface area contributed by atoms with Crippen LogP contribution in [0.1, 0.15) is 25.0 Å². The number of anilines is 1. The van der Waals surface area contributed by atoms with Crippen molar-refractivity contribution < 1.29 is 15.0 Å². The first kappa shape index (κ1) is 16.5. The van der Waals surface area contributed by atoms with Crippen molar-refractivity contribution in [1.82, 2.24) is 4.90 Å². The van der Waals surface area contributed by atoms with E-state index in [9.17, 15) is 9.90 Å². The maximum atomic E-state index is 10.6. The predicted octanol–water partition coefficient (Wildman–Crippen LogP) is 1.58. The van der Waals surface area contributed by atoms with E-state index in [0.29, 0.717) is 6.54 Å². The quantitative estimate of drug-likeness (QED) is 0.794. The first-order chi connectivity index (χ1) is 9.32. The van der Waals surface area contributed by atoms with Gasteiger partial charge in [0, 0.05) is 32.4 Å². The molecule has 0 spiro atoms. The number of carboxylic acid groups (broad SMARTS) is 1. The van der Waals surface area contributed by atoms with Crippen LogP contribution in [0, 0.1) is 0 Å². The van der Waals surface area contributed by atoms with Gasteiger partial charge in [-0.2, -0.15) is 0 Å². The number of nitrogens with zero attached hydrogens (tertiary/aromatic N) is 2. The van der Waals surface area contributed by atoms with Gasteiger partial charge in [-0.25, -0.2) is 0 Å². The molecule has 20 heavy (non-hydrogen) atoms. The number of aliphatic hydroxyl groups is 1. The minimum Gasteiger partial charge on any atom is -0.481 e. The van der Waals surface area contributed by atoms with Crippen LogP contribution in [0.2, 0.25) is 0 Å². The number of likely N-dealkylation sites (N-methyl/N-ethyl adjacent to an activating group) is 1. The number of benzene rings is 1. The Hall–Kier alpha value is -1.59. The maximum absolute atomic E-state index is 10.6. The zero-order valence-corrected chi connectivity index (χ0v) is 12.6. The van der Waals surface area contributed by atoms with Crippen molar-refractivity contribution in [3.05, 3.63) is 29.8 Å². The summed E-state index contributed by atoms with van der Waals surface area (Å²) < 4.78 is 0. The molecule has 0 heterocycles. The third-order valence-electron chi connectivity index (χ3n) is 3.58. The largest absolute Gasteiger partial charge is 0.481 e. The van der Waals surface area contributed by atoms with Crippen molar-refractivity contribution in [1.29, 1.82) is 0 Å². The molecule has 0 bridgehead atoms. The lowest BCUT2D eigenvalue weighted by molar-refractivity contribution is -0.137. The molecule has 1 aromatic carbocycles. The van der Waals surface area contributed by atoms with Crippen LogP contribution in [0.5, 0.6) is 0 Å². The van der Waals surface area contributed by atoms with Crippen LogP contribution >= 0.6 is 0 Å². The fourth-order valence-electron chi connectivity index (χ4n) is 1.96. The molecule has 0 saturated heterocycles. The van der Waals surface area contributed by atoms with E-state index in [1.807, 2.05) is 62.1 Å². The second-order valence-electron chi connectivity index (χ2n) is 5.30. The number of rotatable bonds is 7. The van der Waals surface area contributed by atoms with Gasteiger partial charge in [0.2, 0.25) is 0 Å². The molecule has 5 heteroatoms. The summed E-state index contributed by atoms with van der Waals surface area (Å²) in [5, 5.41) is 19.0. The fourth-order valence-corrected chi connectivity index (χ4v) is 1.96. The number of hydrogen-bond acceptors (Lipinski definition) is 4. The Balaban J connectivity index is 2.67. The van der Waals surface area contributed by atoms with E-state index in [4.69, 9.17) is 5.11 Å². The molecule has 0 fully saturated rings. The van der Waals surface area contributed by atoms with Gasteiger partial charge in [0.1, 0.15) is 0 Å². The summed E-state index contributed by atoms with van der Waals surface area (Å²) in [6, 6.07) is 7.59. The monoisotopic (exact) mass is 280 g/mol. The van der Waals surface area contributed by atoms with Crippen LogP contribution < -0.4 is 4.90 Å². The van der Waals surface area contributed by atoms with Crippen molar-refractivity contribution in [2.75, 3.05) is 32.6 Å². The lowest BCUT2D eigenvalue weighted by Gasteiger charge is -2.29. The van der Waals surface area contributed by atoms with Gasteiger partial charge < -0.3 is 20.0 Å². The Labute approximate surface area is 120 Å². The standard InChI is InChI=1S/C15H24N2O3/c1-11(17(4)10-9-14(18)19)15(20)12-5-7-13(8-6-12)16(2)3/h5-8,11,15,20H,9-10H2,1-4H3,(H,18,19). The smallest absolute Gasteiger partial charge is 0.304 e. The fraction of sp³-hybridized carbons (Fsp3) is 0.533. The van der Waals surface area contributed by atoms with E-state index in [1.165, 1.54) is 0 Å². The average Bonchev–Trinajstić information content (AvgIpc) is 2.43. The maximum Gasteiger partial charge on any atom is 0.304 e. The molecule has 0 aliphatic carbocycles. The Bertz CT molecular complexity index is 431. The van der Waals surface area contributed by atoms with E-state index in [2.05, 4.69) is 0 Å². The van der Waals surface area contributed by atoms with E-state index in [0.717, 1.165) is 11.3 Å². The van der Waals surface area contributed by atoms with Crippen molar-refractivity contribution in [2.45, 2.75) is 25.5 Å². The topological polar surface area (TPSA) is 64.0 Å². The molecule has 1 aromatic rings. The Kier molecular flexibility index (Phi) is 5.98. The first-order valence-corrected chi connectivity index (χ1v) is 6.70. The average molecular weight is 280 g/mol. The minimum absolute atomic E-state index is 0.0765. The van der Waals surface area contributed by atoms with Gasteiger partial charge in [-0.1, -0.05) is 12.1 Å². The van der Waals surface area contributed by atoms with E-state index >= 15 is 0 Å². The van der Waals surface area contributed by atoms with Gasteiger partial charge in [-0.05, 0) is 31.7 Å². The van der Waals surface area contributed by atoms with Gasteiger partial charge >= 0.3 is 5.97 Å². The van der Waals surface area contributed by atoms with Crippen LogP contribution in [0.25, 0.3) is 0 Å². The summed E-state index contributed by atoms with van der Waals surface area (Å²) in [6.45, 7) is 2.32. The Morgan fingerprint density at radius 2 is 1.75 bits per heavy atom. The molecule has 112 valence electrons. The summed E-state index contributed by atoms with van der Waals surface area (Å²) in [5.74, 6) is -0.825. The van der Waals surface area contributed by atoms with Gasteiger partial charge in [0.05, 0.1) is 12.5 Å². The summed E-state index contributed by atoms with van der Waals surface area (Å²) in [7, 11) is 5.76. The second kappa shape index (κ2) is 7.26.